The van der Waals surface area contributed by atoms with Gasteiger partial charge in [0, 0.05) is 13.3 Å². The number of aliphatic carboxylic acids is 1. The van der Waals surface area contributed by atoms with Crippen LogP contribution in [-0.2, 0) is 19.1 Å². The van der Waals surface area contributed by atoms with Crippen LogP contribution in [0.25, 0.3) is 0 Å². The van der Waals surface area contributed by atoms with Crippen LogP contribution in [0.2, 0.25) is 0 Å². The zero-order valence-electron chi connectivity index (χ0n) is 11.9. The number of ether oxygens (including phenoxy) is 1. The molecule has 1 rings (SSSR count). The van der Waals surface area contributed by atoms with Crippen molar-refractivity contribution in [2.75, 3.05) is 0 Å². The zero-order chi connectivity index (χ0) is 17.9. The van der Waals surface area contributed by atoms with Gasteiger partial charge in [-0.15, -0.1) is 0 Å². The molecule has 12 nitrogen and oxygen atoms in total. The smallest absolute Gasteiger partial charge is 0.364 e. The summed E-state index contributed by atoms with van der Waals surface area (Å²) in [5, 5.41) is 58.8. The Hall–Kier alpha value is -1.83. The van der Waals surface area contributed by atoms with Crippen molar-refractivity contribution in [3.63, 3.8) is 0 Å². The number of hydroxylamine groups is 1. The number of rotatable bonds is 5. The maximum absolute atomic E-state index is 11.2. The van der Waals surface area contributed by atoms with E-state index in [2.05, 4.69) is 5.32 Å². The highest BCUT2D eigenvalue weighted by molar-refractivity contribution is 5.80. The first-order valence-corrected chi connectivity index (χ1v) is 6.42. The number of carboxylic acid groups (broad SMARTS) is 1. The van der Waals surface area contributed by atoms with Crippen molar-refractivity contribution in [3.05, 3.63) is 0 Å². The molecule has 1 saturated heterocycles. The minimum Gasteiger partial charge on any atom is -0.477 e. The van der Waals surface area contributed by atoms with Gasteiger partial charge in [-0.3, -0.25) is 14.8 Å². The van der Waals surface area contributed by atoms with Gasteiger partial charge in [-0.25, -0.2) is 10.3 Å². The predicted octanol–water partition coefficient (Wildman–Crippen LogP) is -4.36. The molecule has 0 radical (unpaired) electrons. The second kappa shape index (κ2) is 7.16. The van der Waals surface area contributed by atoms with Crippen LogP contribution < -0.4 is 10.8 Å². The Morgan fingerprint density at radius 2 is 1.87 bits per heavy atom. The normalized spacial score (nSPS) is 33.4. The SMILES string of the molecule is CC(=O)N[C@H]1[C@H]([C@H](O)[C@H](O)C(=O)NO)O[C@](O)(C(=O)O)C[C@@H]1O. The van der Waals surface area contributed by atoms with Crippen LogP contribution >= 0.6 is 0 Å². The number of hydrogen-bond donors (Lipinski definition) is 8. The van der Waals surface area contributed by atoms with E-state index in [1.54, 1.807) is 0 Å². The summed E-state index contributed by atoms with van der Waals surface area (Å²) in [4.78, 5) is 33.3. The van der Waals surface area contributed by atoms with Crippen LogP contribution in [0.3, 0.4) is 0 Å². The lowest BCUT2D eigenvalue weighted by Crippen LogP contribution is -2.67. The van der Waals surface area contributed by atoms with Crippen LogP contribution in [0.1, 0.15) is 13.3 Å². The summed E-state index contributed by atoms with van der Waals surface area (Å²) in [7, 11) is 0. The highest BCUT2D eigenvalue weighted by Crippen LogP contribution is 2.30. The molecule has 132 valence electrons. The van der Waals surface area contributed by atoms with Crippen molar-refractivity contribution in [1.82, 2.24) is 10.8 Å². The lowest BCUT2D eigenvalue weighted by atomic mass is 9.88. The maximum Gasteiger partial charge on any atom is 0.364 e. The van der Waals surface area contributed by atoms with E-state index in [-0.39, 0.29) is 0 Å². The van der Waals surface area contributed by atoms with Gasteiger partial charge in [0.05, 0.1) is 12.1 Å². The molecule has 12 heteroatoms. The fourth-order valence-corrected chi connectivity index (χ4v) is 2.21. The Labute approximate surface area is 129 Å². The molecule has 1 heterocycles. The first-order valence-electron chi connectivity index (χ1n) is 6.42. The molecule has 0 aliphatic carbocycles. The molecule has 6 atom stereocenters. The van der Waals surface area contributed by atoms with E-state index in [0.717, 1.165) is 12.4 Å². The van der Waals surface area contributed by atoms with E-state index in [0.29, 0.717) is 0 Å². The summed E-state index contributed by atoms with van der Waals surface area (Å²) in [5.41, 5.74) is 1.06. The molecule has 1 aliphatic heterocycles. The van der Waals surface area contributed by atoms with Crippen molar-refractivity contribution in [1.29, 1.82) is 0 Å². The van der Waals surface area contributed by atoms with E-state index in [4.69, 9.17) is 15.1 Å². The minimum atomic E-state index is -2.91. The molecule has 23 heavy (non-hydrogen) atoms. The lowest BCUT2D eigenvalue weighted by Gasteiger charge is -2.44. The van der Waals surface area contributed by atoms with Crippen molar-refractivity contribution in [3.8, 4) is 0 Å². The fourth-order valence-electron chi connectivity index (χ4n) is 2.21. The Kier molecular flexibility index (Phi) is 5.98. The van der Waals surface area contributed by atoms with Gasteiger partial charge in [0.1, 0.15) is 12.2 Å². The predicted molar refractivity (Wildman–Crippen MR) is 67.6 cm³/mol. The maximum atomic E-state index is 11.2. The third kappa shape index (κ3) is 4.13. The van der Waals surface area contributed by atoms with Crippen molar-refractivity contribution < 1.29 is 49.9 Å². The third-order valence-electron chi connectivity index (χ3n) is 3.33. The lowest BCUT2D eigenvalue weighted by molar-refractivity contribution is -0.293. The Morgan fingerprint density at radius 3 is 2.30 bits per heavy atom. The summed E-state index contributed by atoms with van der Waals surface area (Å²) in [5.74, 6) is -6.91. The van der Waals surface area contributed by atoms with Gasteiger partial charge < -0.3 is 35.6 Å². The molecular formula is C11H18N2O10. The Morgan fingerprint density at radius 1 is 1.30 bits per heavy atom. The molecular weight excluding hydrogens is 320 g/mol. The molecule has 0 aromatic rings. The van der Waals surface area contributed by atoms with Crippen molar-refractivity contribution >= 4 is 17.8 Å². The summed E-state index contributed by atoms with van der Waals surface area (Å²) >= 11 is 0. The van der Waals surface area contributed by atoms with Crippen LogP contribution in [0.5, 0.6) is 0 Å². The number of aliphatic hydroxyl groups is 4. The Balaban J connectivity index is 3.13. The van der Waals surface area contributed by atoms with E-state index in [9.17, 15) is 34.8 Å². The number of amides is 2. The number of carboxylic acids is 1. The molecule has 1 fully saturated rings. The van der Waals surface area contributed by atoms with Crippen LogP contribution in [0, 0.1) is 0 Å². The molecule has 0 saturated carbocycles. The Bertz CT molecular complexity index is 485. The van der Waals surface area contributed by atoms with Gasteiger partial charge in [0.25, 0.3) is 11.7 Å². The van der Waals surface area contributed by atoms with Gasteiger partial charge in [-0.1, -0.05) is 0 Å². The van der Waals surface area contributed by atoms with Crippen LogP contribution in [0.15, 0.2) is 0 Å². The molecule has 8 N–H and O–H groups in total. The van der Waals surface area contributed by atoms with Crippen molar-refractivity contribution in [2.45, 2.75) is 49.6 Å². The summed E-state index contributed by atoms with van der Waals surface area (Å²) < 4.78 is 4.81. The molecule has 0 unspecified atom stereocenters. The van der Waals surface area contributed by atoms with E-state index >= 15 is 0 Å². The average Bonchev–Trinajstić information content (AvgIpc) is 2.47. The van der Waals surface area contributed by atoms with E-state index < -0.39 is 60.4 Å². The summed E-state index contributed by atoms with van der Waals surface area (Å²) in [6.45, 7) is 1.06. The monoisotopic (exact) mass is 338 g/mol. The largest absolute Gasteiger partial charge is 0.477 e. The number of nitrogens with one attached hydrogen (secondary N) is 2. The topological polar surface area (TPSA) is 206 Å². The number of aliphatic hydroxyl groups excluding tert-OH is 3. The molecule has 1 aliphatic rings. The third-order valence-corrected chi connectivity index (χ3v) is 3.33. The first-order chi connectivity index (χ1) is 10.5. The van der Waals surface area contributed by atoms with Crippen LogP contribution in [0.4, 0.5) is 0 Å². The number of carbonyl (C=O) groups excluding carboxylic acids is 2. The highest BCUT2D eigenvalue weighted by atomic mass is 16.7. The van der Waals surface area contributed by atoms with Crippen LogP contribution in [-0.4, -0.2) is 84.8 Å². The van der Waals surface area contributed by atoms with Gasteiger partial charge in [-0.05, 0) is 0 Å². The highest BCUT2D eigenvalue weighted by Gasteiger charge is 2.54. The minimum absolute atomic E-state index is 0.684. The standard InChI is InChI=1S/C11H18N2O10/c1-3(14)12-5-4(15)2-11(21,10(19)20)23-8(5)6(16)7(17)9(18)13-22/h4-8,15-17,21-22H,2H2,1H3,(H,12,14)(H,13,18)(H,19,20)/t4-,5+,6+,7-,8+,11-/m0/s1. The first kappa shape index (κ1) is 19.2. The van der Waals surface area contributed by atoms with Gasteiger partial charge in [0.2, 0.25) is 5.91 Å². The second-order valence-electron chi connectivity index (χ2n) is 5.08. The van der Waals surface area contributed by atoms with E-state index in [1.807, 2.05) is 0 Å². The van der Waals surface area contributed by atoms with Crippen molar-refractivity contribution in [2.24, 2.45) is 0 Å². The molecule has 0 aromatic carbocycles. The molecule has 0 aromatic heterocycles. The summed E-state index contributed by atoms with van der Waals surface area (Å²) in [6, 6.07) is -1.43. The van der Waals surface area contributed by atoms with Gasteiger partial charge >= 0.3 is 5.97 Å². The summed E-state index contributed by atoms with van der Waals surface area (Å²) in [6.07, 6.45) is -8.84. The second-order valence-corrected chi connectivity index (χ2v) is 5.08. The molecule has 0 spiro atoms. The van der Waals surface area contributed by atoms with E-state index in [1.165, 1.54) is 0 Å². The number of hydrogen-bond acceptors (Lipinski definition) is 9. The fraction of sp³-hybridized carbons (Fsp3) is 0.727. The number of carbonyl (C=O) groups is 3. The quantitative estimate of drug-likeness (QED) is 0.178. The average molecular weight is 338 g/mol. The zero-order valence-corrected chi connectivity index (χ0v) is 11.9. The molecule has 0 bridgehead atoms. The van der Waals surface area contributed by atoms with Gasteiger partial charge in [0.15, 0.2) is 6.10 Å². The molecule has 2 amide bonds. The van der Waals surface area contributed by atoms with Gasteiger partial charge in [-0.2, -0.15) is 0 Å².